The van der Waals surface area contributed by atoms with Gasteiger partial charge in [0, 0.05) is 23.0 Å². The predicted octanol–water partition coefficient (Wildman–Crippen LogP) is 2.81. The second-order valence-electron chi connectivity index (χ2n) is 5.51. The molecule has 0 spiro atoms. The van der Waals surface area contributed by atoms with Gasteiger partial charge in [-0.15, -0.1) is 0 Å². The first-order valence-corrected chi connectivity index (χ1v) is 7.86. The van der Waals surface area contributed by atoms with Crippen molar-refractivity contribution in [3.05, 3.63) is 34.3 Å². The maximum atomic E-state index is 4.42. The molecule has 0 unspecified atom stereocenters. The Morgan fingerprint density at radius 3 is 2.84 bits per heavy atom. The van der Waals surface area contributed by atoms with Crippen LogP contribution in [0.1, 0.15) is 31.2 Å². The van der Waals surface area contributed by atoms with E-state index in [-0.39, 0.29) is 5.41 Å². The van der Waals surface area contributed by atoms with Gasteiger partial charge in [-0.25, -0.2) is 0 Å². The number of guanidine groups is 1. The predicted molar refractivity (Wildman–Crippen MR) is 82.6 cm³/mol. The van der Waals surface area contributed by atoms with Crippen LogP contribution >= 0.6 is 15.9 Å². The molecule has 1 aromatic carbocycles. The number of nitrogens with zero attached hydrogens (tertiary/aromatic N) is 1. The molecule has 1 saturated carbocycles. The minimum atomic E-state index is 0.274. The maximum Gasteiger partial charge on any atom is 0.191 e. The van der Waals surface area contributed by atoms with Gasteiger partial charge in [0.1, 0.15) is 0 Å². The molecule has 3 rings (SSSR count). The summed E-state index contributed by atoms with van der Waals surface area (Å²) in [5, 5.41) is 6.80. The summed E-state index contributed by atoms with van der Waals surface area (Å²) in [4.78, 5) is 4.42. The van der Waals surface area contributed by atoms with Gasteiger partial charge in [0.2, 0.25) is 0 Å². The lowest BCUT2D eigenvalue weighted by Gasteiger charge is -2.30. The highest BCUT2D eigenvalue weighted by molar-refractivity contribution is 9.10. The van der Waals surface area contributed by atoms with Crippen molar-refractivity contribution in [2.45, 2.75) is 31.1 Å². The fourth-order valence-corrected chi connectivity index (χ4v) is 3.61. The van der Waals surface area contributed by atoms with Gasteiger partial charge in [-0.2, -0.15) is 0 Å². The van der Waals surface area contributed by atoms with E-state index in [4.69, 9.17) is 0 Å². The summed E-state index contributed by atoms with van der Waals surface area (Å²) in [6.45, 7) is 2.84. The average molecular weight is 322 g/mol. The second-order valence-corrected chi connectivity index (χ2v) is 6.42. The molecule has 4 heteroatoms. The highest BCUT2D eigenvalue weighted by Gasteiger charge is 2.35. The minimum Gasteiger partial charge on any atom is -0.356 e. The summed E-state index contributed by atoms with van der Waals surface area (Å²) in [7, 11) is 0. The number of halogens is 1. The third-order valence-electron chi connectivity index (χ3n) is 4.27. The standard InChI is InChI=1S/C15H20BrN3/c16-13-5-3-4-12(10-13)15(6-1-2-7-15)11-19-14-17-8-9-18-14/h3-5,10H,1-2,6-9,11H2,(H2,17,18,19). The molecule has 2 N–H and O–H groups in total. The van der Waals surface area contributed by atoms with Crippen molar-refractivity contribution in [1.82, 2.24) is 10.6 Å². The average Bonchev–Trinajstić information content (AvgIpc) is 3.09. The van der Waals surface area contributed by atoms with E-state index < -0.39 is 0 Å². The Morgan fingerprint density at radius 1 is 1.32 bits per heavy atom. The third-order valence-corrected chi connectivity index (χ3v) is 4.76. The van der Waals surface area contributed by atoms with Gasteiger partial charge in [0.15, 0.2) is 5.96 Å². The zero-order valence-corrected chi connectivity index (χ0v) is 12.7. The third kappa shape index (κ3) is 2.78. The van der Waals surface area contributed by atoms with E-state index >= 15 is 0 Å². The molecule has 0 atom stereocenters. The molecule has 3 nitrogen and oxygen atoms in total. The van der Waals surface area contributed by atoms with Crippen LogP contribution < -0.4 is 10.6 Å². The van der Waals surface area contributed by atoms with Crippen molar-refractivity contribution in [2.75, 3.05) is 19.6 Å². The minimum absolute atomic E-state index is 0.274. The van der Waals surface area contributed by atoms with Crippen LogP contribution in [0.3, 0.4) is 0 Å². The summed E-state index contributed by atoms with van der Waals surface area (Å²) >= 11 is 3.59. The van der Waals surface area contributed by atoms with Crippen LogP contribution in [0.4, 0.5) is 0 Å². The summed E-state index contributed by atoms with van der Waals surface area (Å²) in [5.74, 6) is 0.973. The molecule has 1 fully saturated rings. The first kappa shape index (κ1) is 13.0. The van der Waals surface area contributed by atoms with Crippen LogP contribution in [0, 0.1) is 0 Å². The Kier molecular flexibility index (Phi) is 3.78. The number of benzene rings is 1. The Balaban J connectivity index is 1.78. The van der Waals surface area contributed by atoms with E-state index in [9.17, 15) is 0 Å². The SMILES string of the molecule is Brc1cccc(C2(CNC3=NCCN3)CCCC2)c1. The summed E-state index contributed by atoms with van der Waals surface area (Å²) in [5.41, 5.74) is 1.72. The Morgan fingerprint density at radius 2 is 2.16 bits per heavy atom. The molecule has 0 amide bonds. The number of hydrogen-bond donors (Lipinski definition) is 2. The second kappa shape index (κ2) is 5.53. The molecular weight excluding hydrogens is 302 g/mol. The van der Waals surface area contributed by atoms with Crippen LogP contribution in [0.5, 0.6) is 0 Å². The lowest BCUT2D eigenvalue weighted by Crippen LogP contribution is -2.43. The summed E-state index contributed by atoms with van der Waals surface area (Å²) < 4.78 is 1.17. The van der Waals surface area contributed by atoms with Crippen molar-refractivity contribution in [3.63, 3.8) is 0 Å². The maximum absolute atomic E-state index is 4.42. The fourth-order valence-electron chi connectivity index (χ4n) is 3.21. The number of aliphatic imine (C=N–C) groups is 1. The zero-order valence-electron chi connectivity index (χ0n) is 11.1. The van der Waals surface area contributed by atoms with E-state index in [2.05, 4.69) is 55.8 Å². The van der Waals surface area contributed by atoms with Crippen LogP contribution in [-0.4, -0.2) is 25.6 Å². The van der Waals surface area contributed by atoms with Crippen molar-refractivity contribution in [3.8, 4) is 0 Å². The van der Waals surface area contributed by atoms with Crippen molar-refractivity contribution < 1.29 is 0 Å². The topological polar surface area (TPSA) is 36.4 Å². The van der Waals surface area contributed by atoms with Gasteiger partial charge in [0.05, 0.1) is 6.54 Å². The van der Waals surface area contributed by atoms with Crippen LogP contribution in [0.15, 0.2) is 33.7 Å². The van der Waals surface area contributed by atoms with Gasteiger partial charge in [-0.05, 0) is 30.5 Å². The number of rotatable bonds is 3. The van der Waals surface area contributed by atoms with E-state index in [1.165, 1.54) is 35.7 Å². The molecule has 1 heterocycles. The molecule has 2 aliphatic rings. The largest absolute Gasteiger partial charge is 0.356 e. The molecule has 0 aromatic heterocycles. The molecule has 1 aliphatic heterocycles. The molecule has 102 valence electrons. The first-order chi connectivity index (χ1) is 9.28. The molecule has 19 heavy (non-hydrogen) atoms. The Labute approximate surface area is 123 Å². The summed E-state index contributed by atoms with van der Waals surface area (Å²) in [6, 6.07) is 8.78. The van der Waals surface area contributed by atoms with Crippen molar-refractivity contribution in [1.29, 1.82) is 0 Å². The number of nitrogens with one attached hydrogen (secondary N) is 2. The smallest absolute Gasteiger partial charge is 0.191 e. The van der Waals surface area contributed by atoms with Crippen LogP contribution in [0.2, 0.25) is 0 Å². The monoisotopic (exact) mass is 321 g/mol. The highest BCUT2D eigenvalue weighted by atomic mass is 79.9. The Bertz CT molecular complexity index is 478. The van der Waals surface area contributed by atoms with E-state index in [1.807, 2.05) is 0 Å². The van der Waals surface area contributed by atoms with Gasteiger partial charge in [-0.1, -0.05) is 40.9 Å². The lowest BCUT2D eigenvalue weighted by atomic mass is 9.79. The zero-order chi connectivity index (χ0) is 13.1. The van der Waals surface area contributed by atoms with Gasteiger partial charge < -0.3 is 10.6 Å². The van der Waals surface area contributed by atoms with E-state index in [0.717, 1.165) is 25.6 Å². The van der Waals surface area contributed by atoms with Gasteiger partial charge in [-0.3, -0.25) is 4.99 Å². The summed E-state index contributed by atoms with van der Waals surface area (Å²) in [6.07, 6.45) is 5.19. The lowest BCUT2D eigenvalue weighted by molar-refractivity contribution is 0.432. The van der Waals surface area contributed by atoms with Crippen molar-refractivity contribution in [2.24, 2.45) is 4.99 Å². The van der Waals surface area contributed by atoms with E-state index in [0.29, 0.717) is 0 Å². The first-order valence-electron chi connectivity index (χ1n) is 7.07. The highest BCUT2D eigenvalue weighted by Crippen LogP contribution is 2.41. The van der Waals surface area contributed by atoms with Crippen molar-refractivity contribution >= 4 is 21.9 Å². The molecule has 0 bridgehead atoms. The number of hydrogen-bond acceptors (Lipinski definition) is 3. The van der Waals surface area contributed by atoms with Gasteiger partial charge >= 0.3 is 0 Å². The van der Waals surface area contributed by atoms with Crippen LogP contribution in [-0.2, 0) is 5.41 Å². The van der Waals surface area contributed by atoms with Gasteiger partial charge in [0.25, 0.3) is 0 Å². The fraction of sp³-hybridized carbons (Fsp3) is 0.533. The van der Waals surface area contributed by atoms with Crippen LogP contribution in [0.25, 0.3) is 0 Å². The quantitative estimate of drug-likeness (QED) is 0.898. The molecule has 1 aromatic rings. The normalized spacial score (nSPS) is 21.0. The molecule has 0 saturated heterocycles. The molecule has 0 radical (unpaired) electrons. The molecule has 1 aliphatic carbocycles. The Hall–Kier alpha value is -1.03. The van der Waals surface area contributed by atoms with E-state index in [1.54, 1.807) is 0 Å². The molecular formula is C15H20BrN3.